The molecular weight excluding hydrogens is 624 g/mol. The fourth-order valence-corrected chi connectivity index (χ4v) is 7.71. The van der Waals surface area contributed by atoms with Gasteiger partial charge in [0, 0.05) is 11.8 Å². The number of aromatic nitrogens is 2. The van der Waals surface area contributed by atoms with Gasteiger partial charge in [-0.1, -0.05) is 36.4 Å². The van der Waals surface area contributed by atoms with Crippen molar-refractivity contribution in [2.24, 2.45) is 0 Å². The number of carbonyl (C=O) groups excluding carboxylic acids is 2. The highest BCUT2D eigenvalue weighted by Crippen LogP contribution is 2.56. The molecule has 11 nitrogen and oxygen atoms in total. The van der Waals surface area contributed by atoms with Gasteiger partial charge in [-0.15, -0.1) is 11.8 Å². The number of thioether (sulfide) groups is 1. The normalized spacial score (nSPS) is 20.5. The number of esters is 1. The fourth-order valence-electron chi connectivity index (χ4n) is 4.32. The number of anilines is 1. The van der Waals surface area contributed by atoms with Crippen LogP contribution >= 0.6 is 19.6 Å². The van der Waals surface area contributed by atoms with E-state index in [4.69, 9.17) is 18.3 Å². The van der Waals surface area contributed by atoms with E-state index in [0.29, 0.717) is 5.56 Å². The number of benzene rings is 2. The number of alkyl halides is 1. The third kappa shape index (κ3) is 9.57. The van der Waals surface area contributed by atoms with Crippen molar-refractivity contribution in [3.8, 4) is 0 Å². The molecule has 0 aliphatic carbocycles. The number of amides is 1. The molecule has 0 saturated carbocycles. The smallest absolute Gasteiger partial charge is 0.454 e. The van der Waals surface area contributed by atoms with E-state index < -0.39 is 66.1 Å². The molecule has 2 aromatic carbocycles. The van der Waals surface area contributed by atoms with E-state index in [1.54, 1.807) is 90.1 Å². The second-order valence-corrected chi connectivity index (χ2v) is 15.1. The zero-order chi connectivity index (χ0) is 33.0. The first kappa shape index (κ1) is 34.5. The molecular formula is C31H37FN3O8PS. The number of rotatable bonds is 10. The van der Waals surface area contributed by atoms with Crippen LogP contribution < -0.4 is 11.0 Å². The maximum Gasteiger partial charge on any atom is 0.475 e. The number of carbonyl (C=O) groups is 2. The van der Waals surface area contributed by atoms with Gasteiger partial charge < -0.3 is 10.1 Å². The second kappa shape index (κ2) is 14.0. The van der Waals surface area contributed by atoms with Gasteiger partial charge >= 0.3 is 19.5 Å². The molecule has 0 radical (unpaired) electrons. The van der Waals surface area contributed by atoms with Crippen molar-refractivity contribution < 1.29 is 36.9 Å². The van der Waals surface area contributed by atoms with Crippen molar-refractivity contribution in [1.82, 2.24) is 9.55 Å². The first-order valence-electron chi connectivity index (χ1n) is 14.2. The summed E-state index contributed by atoms with van der Waals surface area (Å²) >= 11 is 0.951. The third-order valence-electron chi connectivity index (χ3n) is 6.07. The lowest BCUT2D eigenvalue weighted by Crippen LogP contribution is -2.37. The SMILES string of the molecule is CC(C)(C)OP(=O)(OCC1S[C@@H](n2ccc(NC(=O)c3ccccc3)nc2=O)[C@@H](F)[C@@H]1OC(=O)c1ccccc1)OC(C)(C)C. The molecule has 1 aliphatic heterocycles. The topological polar surface area (TPSA) is 135 Å². The lowest BCUT2D eigenvalue weighted by Gasteiger charge is -2.31. The Morgan fingerprint density at radius 2 is 1.49 bits per heavy atom. The molecule has 2 heterocycles. The van der Waals surface area contributed by atoms with Crippen LogP contribution in [-0.4, -0.2) is 56.8 Å². The van der Waals surface area contributed by atoms with Crippen molar-refractivity contribution in [3.05, 3.63) is 94.5 Å². The first-order valence-corrected chi connectivity index (χ1v) is 16.6. The molecule has 1 unspecified atom stereocenters. The summed E-state index contributed by atoms with van der Waals surface area (Å²) in [5.74, 6) is -1.27. The second-order valence-electron chi connectivity index (χ2n) is 12.2. The largest absolute Gasteiger partial charge is 0.475 e. The summed E-state index contributed by atoms with van der Waals surface area (Å²) < 4.78 is 53.7. The van der Waals surface area contributed by atoms with Crippen LogP contribution in [-0.2, 0) is 22.9 Å². The molecule has 3 aromatic rings. The quantitative estimate of drug-likeness (QED) is 0.191. The highest BCUT2D eigenvalue weighted by molar-refractivity contribution is 8.00. The molecule has 0 bridgehead atoms. The number of phosphoric acid groups is 1. The number of nitrogens with one attached hydrogen (secondary N) is 1. The Morgan fingerprint density at radius 1 is 0.933 bits per heavy atom. The van der Waals surface area contributed by atoms with Crippen LogP contribution in [0.25, 0.3) is 0 Å². The molecule has 242 valence electrons. The van der Waals surface area contributed by atoms with Crippen molar-refractivity contribution in [2.45, 2.75) is 75.6 Å². The highest BCUT2D eigenvalue weighted by atomic mass is 32.2. The minimum absolute atomic E-state index is 0.0185. The summed E-state index contributed by atoms with van der Waals surface area (Å²) in [7, 11) is -4.20. The maximum atomic E-state index is 16.2. The van der Waals surface area contributed by atoms with Crippen LogP contribution in [0.15, 0.2) is 77.7 Å². The number of nitrogens with zero attached hydrogens (tertiary/aromatic N) is 2. The molecule has 1 aliphatic rings. The Hall–Kier alpha value is -3.35. The average molecular weight is 662 g/mol. The summed E-state index contributed by atoms with van der Waals surface area (Å²) in [6, 6.07) is 17.8. The van der Waals surface area contributed by atoms with E-state index in [0.717, 1.165) is 16.3 Å². The van der Waals surface area contributed by atoms with E-state index in [1.807, 2.05) is 0 Å². The zero-order valence-corrected chi connectivity index (χ0v) is 27.5. The number of phosphoric ester groups is 1. The molecule has 1 N–H and O–H groups in total. The van der Waals surface area contributed by atoms with Gasteiger partial charge in [-0.25, -0.2) is 18.5 Å². The van der Waals surface area contributed by atoms with Gasteiger partial charge in [0.1, 0.15) is 11.2 Å². The molecule has 1 amide bonds. The Balaban J connectivity index is 1.59. The summed E-state index contributed by atoms with van der Waals surface area (Å²) in [5, 5.41) is 0.427. The van der Waals surface area contributed by atoms with Crippen LogP contribution in [0.3, 0.4) is 0 Å². The highest BCUT2D eigenvalue weighted by Gasteiger charge is 2.50. The van der Waals surface area contributed by atoms with Gasteiger partial charge in [-0.05, 0) is 71.9 Å². The van der Waals surface area contributed by atoms with Gasteiger partial charge in [0.2, 0.25) is 0 Å². The van der Waals surface area contributed by atoms with Gasteiger partial charge in [-0.2, -0.15) is 4.98 Å². The molecule has 4 atom stereocenters. The first-order chi connectivity index (χ1) is 21.0. The zero-order valence-electron chi connectivity index (χ0n) is 25.8. The molecule has 45 heavy (non-hydrogen) atoms. The van der Waals surface area contributed by atoms with Crippen molar-refractivity contribution in [2.75, 3.05) is 11.9 Å². The number of ether oxygens (including phenoxy) is 1. The molecule has 1 saturated heterocycles. The van der Waals surface area contributed by atoms with Crippen LogP contribution in [0.1, 0.15) is 67.6 Å². The summed E-state index contributed by atoms with van der Waals surface area (Å²) in [5.41, 5.74) is -2.09. The van der Waals surface area contributed by atoms with E-state index in [9.17, 15) is 18.9 Å². The summed E-state index contributed by atoms with van der Waals surface area (Å²) in [4.78, 5) is 42.5. The predicted molar refractivity (Wildman–Crippen MR) is 169 cm³/mol. The van der Waals surface area contributed by atoms with Crippen LogP contribution in [0.5, 0.6) is 0 Å². The Labute approximate surface area is 265 Å². The van der Waals surface area contributed by atoms with Crippen LogP contribution in [0.2, 0.25) is 0 Å². The van der Waals surface area contributed by atoms with Gasteiger partial charge in [-0.3, -0.25) is 22.9 Å². The van der Waals surface area contributed by atoms with E-state index in [2.05, 4.69) is 10.3 Å². The fraction of sp³-hybridized carbons (Fsp3) is 0.419. The Bertz CT molecular complexity index is 1570. The minimum Gasteiger partial charge on any atom is -0.454 e. The van der Waals surface area contributed by atoms with E-state index in [-0.39, 0.29) is 11.4 Å². The Kier molecular flexibility index (Phi) is 10.7. The maximum absolute atomic E-state index is 16.2. The minimum atomic E-state index is -4.20. The average Bonchev–Trinajstić information content (AvgIpc) is 3.25. The number of hydrogen-bond donors (Lipinski definition) is 1. The van der Waals surface area contributed by atoms with Gasteiger partial charge in [0.25, 0.3) is 5.91 Å². The summed E-state index contributed by atoms with van der Waals surface area (Å²) in [6.45, 7) is 9.70. The third-order valence-corrected chi connectivity index (χ3v) is 9.60. The summed E-state index contributed by atoms with van der Waals surface area (Å²) in [6.07, 6.45) is -2.00. The van der Waals surface area contributed by atoms with Crippen molar-refractivity contribution in [1.29, 1.82) is 0 Å². The molecule has 14 heteroatoms. The lowest BCUT2D eigenvalue weighted by molar-refractivity contribution is -0.0111. The predicted octanol–water partition coefficient (Wildman–Crippen LogP) is 6.43. The number of halogens is 1. The number of hydrogen-bond acceptors (Lipinski definition) is 10. The molecule has 1 fully saturated rings. The Morgan fingerprint density at radius 3 is 2.02 bits per heavy atom. The molecule has 1 aromatic heterocycles. The van der Waals surface area contributed by atoms with Crippen LogP contribution in [0, 0.1) is 0 Å². The van der Waals surface area contributed by atoms with Gasteiger partial charge in [0.15, 0.2) is 12.3 Å². The lowest BCUT2D eigenvalue weighted by atomic mass is 10.1. The van der Waals surface area contributed by atoms with Crippen LogP contribution in [0.4, 0.5) is 10.2 Å². The monoisotopic (exact) mass is 661 g/mol. The molecule has 4 rings (SSSR count). The van der Waals surface area contributed by atoms with E-state index >= 15 is 4.39 Å². The van der Waals surface area contributed by atoms with Crippen molar-refractivity contribution in [3.63, 3.8) is 0 Å². The molecule has 0 spiro atoms. The van der Waals surface area contributed by atoms with E-state index in [1.165, 1.54) is 24.4 Å². The van der Waals surface area contributed by atoms with Crippen molar-refractivity contribution >= 4 is 37.3 Å². The standard InChI is InChI=1S/C31H37FN3O8PS/c1-30(2,3)42-44(39,43-31(4,5)6)40-19-22-25(41-28(37)21-15-11-8-12-16-21)24(32)27(45-22)35-18-17-23(34-29(35)38)33-26(36)20-13-9-7-10-14-20/h7-18,22,24-25,27H,19H2,1-6H3,(H,33,34,36,38)/t22?,24-,25+,27+/m0/s1. The van der Waals surface area contributed by atoms with Gasteiger partial charge in [0.05, 0.1) is 28.6 Å².